The first-order valence-electron chi connectivity index (χ1n) is 6.24. The SMILES string of the molecule is CC1CCCN1CCCc1ccc(Br)cc1. The van der Waals surface area contributed by atoms with Crippen LogP contribution in [0.4, 0.5) is 0 Å². The Bertz CT molecular complexity index is 320. The van der Waals surface area contributed by atoms with Gasteiger partial charge in [-0.15, -0.1) is 0 Å². The number of aryl methyl sites for hydroxylation is 1. The molecule has 1 aliphatic heterocycles. The molecule has 88 valence electrons. The van der Waals surface area contributed by atoms with Crippen molar-refractivity contribution in [1.29, 1.82) is 0 Å². The zero-order valence-electron chi connectivity index (χ0n) is 9.95. The molecule has 0 aliphatic carbocycles. The van der Waals surface area contributed by atoms with Gasteiger partial charge in [-0.1, -0.05) is 28.1 Å². The molecule has 0 saturated carbocycles. The number of nitrogens with zero attached hydrogens (tertiary/aromatic N) is 1. The van der Waals surface area contributed by atoms with E-state index in [1.807, 2.05) is 0 Å². The first-order chi connectivity index (χ1) is 7.75. The molecule has 1 aromatic rings. The van der Waals surface area contributed by atoms with Crippen LogP contribution in [-0.4, -0.2) is 24.0 Å². The molecule has 1 nitrogen and oxygen atoms in total. The van der Waals surface area contributed by atoms with Gasteiger partial charge in [0.25, 0.3) is 0 Å². The van der Waals surface area contributed by atoms with E-state index in [-0.39, 0.29) is 0 Å². The Morgan fingerprint density at radius 1 is 1.31 bits per heavy atom. The second kappa shape index (κ2) is 5.83. The van der Waals surface area contributed by atoms with Crippen LogP contribution < -0.4 is 0 Å². The number of hydrogen-bond acceptors (Lipinski definition) is 1. The summed E-state index contributed by atoms with van der Waals surface area (Å²) in [6, 6.07) is 9.52. The van der Waals surface area contributed by atoms with Crippen LogP contribution in [0.25, 0.3) is 0 Å². The van der Waals surface area contributed by atoms with Crippen molar-refractivity contribution >= 4 is 15.9 Å². The van der Waals surface area contributed by atoms with Crippen molar-refractivity contribution in [3.63, 3.8) is 0 Å². The predicted molar refractivity (Wildman–Crippen MR) is 72.7 cm³/mol. The standard InChI is InChI=1S/C14H20BrN/c1-12-4-2-10-16(12)11-3-5-13-6-8-14(15)9-7-13/h6-9,12H,2-5,10-11H2,1H3. The lowest BCUT2D eigenvalue weighted by molar-refractivity contribution is 0.265. The van der Waals surface area contributed by atoms with Crippen LogP contribution in [0.5, 0.6) is 0 Å². The molecule has 0 bridgehead atoms. The molecule has 1 aliphatic rings. The van der Waals surface area contributed by atoms with E-state index in [2.05, 4.69) is 52.0 Å². The highest BCUT2D eigenvalue weighted by molar-refractivity contribution is 9.10. The fourth-order valence-corrected chi connectivity index (χ4v) is 2.73. The summed E-state index contributed by atoms with van der Waals surface area (Å²) in [5, 5.41) is 0. The lowest BCUT2D eigenvalue weighted by Crippen LogP contribution is -2.28. The van der Waals surface area contributed by atoms with Crippen LogP contribution in [-0.2, 0) is 6.42 Å². The largest absolute Gasteiger partial charge is 0.301 e. The smallest absolute Gasteiger partial charge is 0.0175 e. The molecule has 0 spiro atoms. The lowest BCUT2D eigenvalue weighted by Gasteiger charge is -2.20. The van der Waals surface area contributed by atoms with E-state index in [4.69, 9.17) is 0 Å². The predicted octanol–water partition coefficient (Wildman–Crippen LogP) is 3.87. The number of halogens is 1. The number of likely N-dealkylation sites (tertiary alicyclic amines) is 1. The monoisotopic (exact) mass is 281 g/mol. The molecule has 0 N–H and O–H groups in total. The van der Waals surface area contributed by atoms with E-state index in [9.17, 15) is 0 Å². The Hall–Kier alpha value is -0.340. The van der Waals surface area contributed by atoms with Crippen molar-refractivity contribution in [2.24, 2.45) is 0 Å². The zero-order valence-corrected chi connectivity index (χ0v) is 11.5. The summed E-state index contributed by atoms with van der Waals surface area (Å²) in [5.41, 5.74) is 1.45. The maximum absolute atomic E-state index is 3.47. The molecule has 0 radical (unpaired) electrons. The molecular weight excluding hydrogens is 262 g/mol. The molecule has 1 aromatic carbocycles. The van der Waals surface area contributed by atoms with Gasteiger partial charge in [0.05, 0.1) is 0 Å². The van der Waals surface area contributed by atoms with E-state index in [0.717, 1.165) is 6.04 Å². The second-order valence-corrected chi connectivity index (χ2v) is 5.67. The van der Waals surface area contributed by atoms with E-state index in [1.54, 1.807) is 0 Å². The summed E-state index contributed by atoms with van der Waals surface area (Å²) < 4.78 is 1.17. The normalized spacial score (nSPS) is 21.5. The average molecular weight is 282 g/mol. The third kappa shape index (κ3) is 3.33. The Labute approximate surface area is 107 Å². The van der Waals surface area contributed by atoms with Gasteiger partial charge in [0, 0.05) is 10.5 Å². The molecule has 1 heterocycles. The molecule has 1 saturated heterocycles. The Kier molecular flexibility index (Phi) is 4.42. The second-order valence-electron chi connectivity index (χ2n) is 4.76. The van der Waals surface area contributed by atoms with E-state index >= 15 is 0 Å². The van der Waals surface area contributed by atoms with Crippen molar-refractivity contribution in [3.05, 3.63) is 34.3 Å². The maximum Gasteiger partial charge on any atom is 0.0175 e. The van der Waals surface area contributed by atoms with Crippen LogP contribution in [0.1, 0.15) is 31.7 Å². The number of rotatable bonds is 4. The van der Waals surface area contributed by atoms with Gasteiger partial charge >= 0.3 is 0 Å². The average Bonchev–Trinajstić information content (AvgIpc) is 2.68. The number of benzene rings is 1. The summed E-state index contributed by atoms with van der Waals surface area (Å²) in [6.07, 6.45) is 5.26. The van der Waals surface area contributed by atoms with Crippen LogP contribution in [0.2, 0.25) is 0 Å². The Morgan fingerprint density at radius 2 is 2.06 bits per heavy atom. The minimum absolute atomic E-state index is 0.810. The summed E-state index contributed by atoms with van der Waals surface area (Å²) in [5.74, 6) is 0. The Morgan fingerprint density at radius 3 is 2.69 bits per heavy atom. The molecule has 1 fully saturated rings. The molecule has 2 rings (SSSR count). The fourth-order valence-electron chi connectivity index (χ4n) is 2.46. The topological polar surface area (TPSA) is 3.24 Å². The van der Waals surface area contributed by atoms with Crippen LogP contribution in [0.15, 0.2) is 28.7 Å². The highest BCUT2D eigenvalue weighted by Crippen LogP contribution is 2.17. The summed E-state index contributed by atoms with van der Waals surface area (Å²) >= 11 is 3.47. The zero-order chi connectivity index (χ0) is 11.4. The van der Waals surface area contributed by atoms with Gasteiger partial charge < -0.3 is 4.90 Å². The maximum atomic E-state index is 3.47. The molecule has 0 amide bonds. The van der Waals surface area contributed by atoms with Crippen LogP contribution >= 0.6 is 15.9 Å². The van der Waals surface area contributed by atoms with Crippen molar-refractivity contribution in [2.45, 2.75) is 38.6 Å². The molecule has 0 aromatic heterocycles. The molecule has 16 heavy (non-hydrogen) atoms. The minimum Gasteiger partial charge on any atom is -0.301 e. The van der Waals surface area contributed by atoms with Crippen molar-refractivity contribution in [1.82, 2.24) is 4.90 Å². The molecular formula is C14H20BrN. The summed E-state index contributed by atoms with van der Waals surface area (Å²) in [4.78, 5) is 2.62. The third-order valence-electron chi connectivity index (χ3n) is 3.51. The first kappa shape index (κ1) is 12.1. The van der Waals surface area contributed by atoms with Gasteiger partial charge in [-0.2, -0.15) is 0 Å². The highest BCUT2D eigenvalue weighted by atomic mass is 79.9. The van der Waals surface area contributed by atoms with Gasteiger partial charge in [-0.05, 0) is 63.4 Å². The van der Waals surface area contributed by atoms with Crippen molar-refractivity contribution in [2.75, 3.05) is 13.1 Å². The highest BCUT2D eigenvalue weighted by Gasteiger charge is 2.18. The summed E-state index contributed by atoms with van der Waals surface area (Å²) in [7, 11) is 0. The molecule has 1 unspecified atom stereocenters. The van der Waals surface area contributed by atoms with Gasteiger partial charge in [-0.3, -0.25) is 0 Å². The first-order valence-corrected chi connectivity index (χ1v) is 7.03. The minimum atomic E-state index is 0.810. The quantitative estimate of drug-likeness (QED) is 0.810. The molecule has 2 heteroatoms. The van der Waals surface area contributed by atoms with E-state index in [1.165, 1.54) is 48.8 Å². The van der Waals surface area contributed by atoms with Crippen LogP contribution in [0, 0.1) is 0 Å². The van der Waals surface area contributed by atoms with Crippen LogP contribution in [0.3, 0.4) is 0 Å². The lowest BCUT2D eigenvalue weighted by atomic mass is 10.1. The van der Waals surface area contributed by atoms with Crippen molar-refractivity contribution in [3.8, 4) is 0 Å². The fraction of sp³-hybridized carbons (Fsp3) is 0.571. The van der Waals surface area contributed by atoms with Gasteiger partial charge in [0.2, 0.25) is 0 Å². The van der Waals surface area contributed by atoms with E-state index in [0.29, 0.717) is 0 Å². The van der Waals surface area contributed by atoms with Gasteiger partial charge in [-0.25, -0.2) is 0 Å². The molecule has 1 atom stereocenters. The third-order valence-corrected chi connectivity index (χ3v) is 4.04. The summed E-state index contributed by atoms with van der Waals surface area (Å²) in [6.45, 7) is 4.92. The van der Waals surface area contributed by atoms with E-state index < -0.39 is 0 Å². The van der Waals surface area contributed by atoms with Crippen molar-refractivity contribution < 1.29 is 0 Å². The van der Waals surface area contributed by atoms with Gasteiger partial charge in [0.15, 0.2) is 0 Å². The Balaban J connectivity index is 1.73. The van der Waals surface area contributed by atoms with Gasteiger partial charge in [0.1, 0.15) is 0 Å². The number of hydrogen-bond donors (Lipinski definition) is 0.